The molecule has 2 aromatic carbocycles. The van der Waals surface area contributed by atoms with Crippen molar-refractivity contribution in [1.82, 2.24) is 15.0 Å². The molecule has 1 aromatic heterocycles. The summed E-state index contributed by atoms with van der Waals surface area (Å²) < 4.78 is 10.8. The van der Waals surface area contributed by atoms with Crippen LogP contribution in [0.25, 0.3) is 11.4 Å². The van der Waals surface area contributed by atoms with Gasteiger partial charge in [-0.05, 0) is 37.0 Å². The number of alkyl halides is 1. The summed E-state index contributed by atoms with van der Waals surface area (Å²) in [6.07, 6.45) is 2.69. The molecule has 2 heterocycles. The first-order valence-corrected chi connectivity index (χ1v) is 10.1. The fourth-order valence-corrected chi connectivity index (χ4v) is 3.88. The van der Waals surface area contributed by atoms with E-state index in [9.17, 15) is 4.79 Å². The second-order valence-electron chi connectivity index (χ2n) is 7.00. The number of piperidine rings is 1. The van der Waals surface area contributed by atoms with Crippen LogP contribution in [-0.2, 0) is 4.79 Å². The first-order valence-electron chi connectivity index (χ1n) is 9.65. The summed E-state index contributed by atoms with van der Waals surface area (Å²) in [6.45, 7) is 0.621. The molecular formula is C22H22ClN3O3. The first kappa shape index (κ1) is 19.5. The molecule has 150 valence electrons. The molecule has 1 fully saturated rings. The van der Waals surface area contributed by atoms with Gasteiger partial charge >= 0.3 is 0 Å². The highest BCUT2D eigenvalue weighted by Gasteiger charge is 2.35. The van der Waals surface area contributed by atoms with E-state index in [0.29, 0.717) is 18.3 Å². The number of methoxy groups -OCH3 is 1. The molecule has 1 aliphatic heterocycles. The maximum atomic E-state index is 13.1. The third kappa shape index (κ3) is 4.12. The second-order valence-corrected chi connectivity index (χ2v) is 7.44. The molecule has 1 aliphatic rings. The highest BCUT2D eigenvalue weighted by atomic mass is 35.5. The molecule has 1 amide bonds. The van der Waals surface area contributed by atoms with Crippen molar-refractivity contribution in [3.8, 4) is 17.1 Å². The molecule has 0 aliphatic carbocycles. The molecule has 2 atom stereocenters. The third-order valence-electron chi connectivity index (χ3n) is 5.15. The van der Waals surface area contributed by atoms with E-state index in [1.807, 2.05) is 54.6 Å². The highest BCUT2D eigenvalue weighted by molar-refractivity contribution is 6.30. The lowest BCUT2D eigenvalue weighted by molar-refractivity contribution is -0.135. The highest BCUT2D eigenvalue weighted by Crippen LogP contribution is 2.35. The van der Waals surface area contributed by atoms with Crippen molar-refractivity contribution < 1.29 is 14.1 Å². The molecule has 1 saturated heterocycles. The van der Waals surface area contributed by atoms with E-state index in [-0.39, 0.29) is 11.9 Å². The number of hydrogen-bond acceptors (Lipinski definition) is 5. The van der Waals surface area contributed by atoms with Crippen LogP contribution >= 0.6 is 11.6 Å². The lowest BCUT2D eigenvalue weighted by Gasteiger charge is -2.34. The van der Waals surface area contributed by atoms with Gasteiger partial charge in [-0.3, -0.25) is 4.79 Å². The van der Waals surface area contributed by atoms with Crippen LogP contribution in [0, 0.1) is 0 Å². The van der Waals surface area contributed by atoms with Crippen LogP contribution in [-0.4, -0.2) is 34.6 Å². The Hall–Kier alpha value is -2.86. The average Bonchev–Trinajstić information content (AvgIpc) is 3.29. The fraction of sp³-hybridized carbons (Fsp3) is 0.318. The minimum Gasteiger partial charge on any atom is -0.497 e. The van der Waals surface area contributed by atoms with Crippen molar-refractivity contribution in [2.75, 3.05) is 13.7 Å². The van der Waals surface area contributed by atoms with Gasteiger partial charge in [-0.2, -0.15) is 4.98 Å². The van der Waals surface area contributed by atoms with Gasteiger partial charge in [0.25, 0.3) is 0 Å². The van der Waals surface area contributed by atoms with Crippen LogP contribution in [0.5, 0.6) is 5.75 Å². The topological polar surface area (TPSA) is 68.5 Å². The lowest BCUT2D eigenvalue weighted by atomic mass is 10.0. The number of aromatic nitrogens is 2. The largest absolute Gasteiger partial charge is 0.497 e. The smallest absolute Gasteiger partial charge is 0.249 e. The number of carbonyl (C=O) groups is 1. The fourth-order valence-electron chi connectivity index (χ4n) is 3.61. The summed E-state index contributed by atoms with van der Waals surface area (Å²) in [5, 5.41) is 3.38. The van der Waals surface area contributed by atoms with Gasteiger partial charge in [0.15, 0.2) is 0 Å². The van der Waals surface area contributed by atoms with Gasteiger partial charge in [0, 0.05) is 12.1 Å². The van der Waals surface area contributed by atoms with E-state index in [1.165, 1.54) is 0 Å². The molecular weight excluding hydrogens is 390 g/mol. The van der Waals surface area contributed by atoms with Crippen molar-refractivity contribution in [1.29, 1.82) is 0 Å². The minimum absolute atomic E-state index is 0.135. The predicted octanol–water partition coefficient (Wildman–Crippen LogP) is 4.78. The number of amides is 1. The monoisotopic (exact) mass is 411 g/mol. The van der Waals surface area contributed by atoms with Crippen molar-refractivity contribution in [2.24, 2.45) is 0 Å². The zero-order valence-electron chi connectivity index (χ0n) is 16.1. The number of ether oxygens (including phenoxy) is 1. The number of nitrogens with zero attached hydrogens (tertiary/aromatic N) is 3. The van der Waals surface area contributed by atoms with Gasteiger partial charge in [0.2, 0.25) is 17.6 Å². The van der Waals surface area contributed by atoms with E-state index in [0.717, 1.165) is 36.1 Å². The Balaban J connectivity index is 1.58. The Bertz CT molecular complexity index is 976. The van der Waals surface area contributed by atoms with Gasteiger partial charge < -0.3 is 14.2 Å². The van der Waals surface area contributed by atoms with Gasteiger partial charge in [0.1, 0.15) is 17.2 Å². The van der Waals surface area contributed by atoms with Crippen LogP contribution in [0.15, 0.2) is 59.1 Å². The van der Waals surface area contributed by atoms with Crippen LogP contribution in [0.1, 0.15) is 42.1 Å². The van der Waals surface area contributed by atoms with Crippen LogP contribution in [0.2, 0.25) is 0 Å². The SMILES string of the molecule is COc1cccc(-c2noc(C3CCCCN3C(=O)C(Cl)c3ccccc3)n2)c1. The zero-order chi connectivity index (χ0) is 20.2. The lowest BCUT2D eigenvalue weighted by Crippen LogP contribution is -2.40. The van der Waals surface area contributed by atoms with Crippen LogP contribution in [0.3, 0.4) is 0 Å². The van der Waals surface area contributed by atoms with Crippen molar-refractivity contribution in [3.05, 3.63) is 66.1 Å². The van der Waals surface area contributed by atoms with Crippen LogP contribution < -0.4 is 4.74 Å². The van der Waals surface area contributed by atoms with E-state index in [1.54, 1.807) is 12.0 Å². The number of carbonyl (C=O) groups excluding carboxylic acids is 1. The molecule has 0 bridgehead atoms. The Labute approximate surface area is 174 Å². The number of likely N-dealkylation sites (tertiary alicyclic amines) is 1. The van der Waals surface area contributed by atoms with E-state index in [4.69, 9.17) is 20.9 Å². The van der Waals surface area contributed by atoms with E-state index < -0.39 is 5.38 Å². The molecule has 0 spiro atoms. The average molecular weight is 412 g/mol. The summed E-state index contributed by atoms with van der Waals surface area (Å²) in [6, 6.07) is 16.6. The second kappa shape index (κ2) is 8.66. The van der Waals surface area contributed by atoms with Crippen LogP contribution in [0.4, 0.5) is 0 Å². The van der Waals surface area contributed by atoms with E-state index in [2.05, 4.69) is 10.1 Å². The Morgan fingerprint density at radius 3 is 2.83 bits per heavy atom. The number of benzene rings is 2. The zero-order valence-corrected chi connectivity index (χ0v) is 16.9. The Kier molecular flexibility index (Phi) is 5.81. The number of halogens is 1. The van der Waals surface area contributed by atoms with Crippen molar-refractivity contribution in [3.63, 3.8) is 0 Å². The number of rotatable bonds is 5. The standard InChI is InChI=1S/C22H22ClN3O3/c1-28-17-11-7-10-16(14-17)20-24-21(29-25-20)18-12-5-6-13-26(18)22(27)19(23)15-8-3-2-4-9-15/h2-4,7-11,14,18-19H,5-6,12-13H2,1H3. The third-order valence-corrected chi connectivity index (χ3v) is 5.59. The molecule has 0 N–H and O–H groups in total. The predicted molar refractivity (Wildman–Crippen MR) is 110 cm³/mol. The molecule has 2 unspecified atom stereocenters. The summed E-state index contributed by atoms with van der Waals surface area (Å²) in [5.41, 5.74) is 1.58. The minimum atomic E-state index is -0.738. The molecule has 0 saturated carbocycles. The van der Waals surface area contributed by atoms with Gasteiger partial charge in [0.05, 0.1) is 7.11 Å². The number of hydrogen-bond donors (Lipinski definition) is 0. The Morgan fingerprint density at radius 1 is 1.21 bits per heavy atom. The normalized spacial score (nSPS) is 17.7. The first-order chi connectivity index (χ1) is 14.2. The summed E-state index contributed by atoms with van der Waals surface area (Å²) >= 11 is 6.51. The van der Waals surface area contributed by atoms with Crippen molar-refractivity contribution >= 4 is 17.5 Å². The van der Waals surface area contributed by atoms with Gasteiger partial charge in [-0.1, -0.05) is 47.6 Å². The summed E-state index contributed by atoms with van der Waals surface area (Å²) in [7, 11) is 1.61. The maximum Gasteiger partial charge on any atom is 0.249 e. The molecule has 7 heteroatoms. The van der Waals surface area contributed by atoms with Crippen molar-refractivity contribution in [2.45, 2.75) is 30.7 Å². The molecule has 3 aromatic rings. The quantitative estimate of drug-likeness (QED) is 0.565. The molecule has 0 radical (unpaired) electrons. The summed E-state index contributed by atoms with van der Waals surface area (Å²) in [5.74, 6) is 1.50. The molecule has 4 rings (SSSR count). The van der Waals surface area contributed by atoms with E-state index >= 15 is 0 Å². The van der Waals surface area contributed by atoms with Gasteiger partial charge in [-0.15, -0.1) is 11.6 Å². The molecule has 6 nitrogen and oxygen atoms in total. The Morgan fingerprint density at radius 2 is 2.03 bits per heavy atom. The van der Waals surface area contributed by atoms with Gasteiger partial charge in [-0.25, -0.2) is 0 Å². The maximum absolute atomic E-state index is 13.1. The summed E-state index contributed by atoms with van der Waals surface area (Å²) in [4.78, 5) is 19.5. The molecule has 29 heavy (non-hydrogen) atoms.